The molecule has 1 aromatic rings. The van der Waals surface area contributed by atoms with Crippen LogP contribution < -0.4 is 20.9 Å². The van der Waals surface area contributed by atoms with Crippen molar-refractivity contribution < 1.29 is 9.84 Å². The first-order valence-corrected chi connectivity index (χ1v) is 6.51. The number of piperidine rings is 1. The highest BCUT2D eigenvalue weighted by Gasteiger charge is 2.24. The lowest BCUT2D eigenvalue weighted by Gasteiger charge is -2.34. The van der Waals surface area contributed by atoms with Gasteiger partial charge < -0.3 is 20.2 Å². The number of hydrazine groups is 1. The van der Waals surface area contributed by atoms with Gasteiger partial charge in [-0.25, -0.2) is 15.8 Å². The molecule has 1 aromatic heterocycles. The number of nitrogens with zero attached hydrogens (tertiary/aromatic N) is 3. The number of aliphatic hydroxyl groups is 1. The Morgan fingerprint density at radius 2 is 2.42 bits per heavy atom. The molecule has 106 valence electrons. The summed E-state index contributed by atoms with van der Waals surface area (Å²) >= 11 is 0. The van der Waals surface area contributed by atoms with Crippen molar-refractivity contribution in [2.24, 2.45) is 11.8 Å². The normalized spacial score (nSPS) is 19.3. The van der Waals surface area contributed by atoms with E-state index in [1.165, 1.54) is 6.33 Å². The van der Waals surface area contributed by atoms with Crippen LogP contribution in [0.5, 0.6) is 5.75 Å². The van der Waals surface area contributed by atoms with E-state index in [9.17, 15) is 0 Å². The first-order chi connectivity index (χ1) is 9.30. The van der Waals surface area contributed by atoms with Crippen molar-refractivity contribution in [3.8, 4) is 5.75 Å². The number of aliphatic hydroxyl groups excluding tert-OH is 1. The van der Waals surface area contributed by atoms with Crippen LogP contribution in [-0.4, -0.2) is 41.9 Å². The minimum absolute atomic E-state index is 0.231. The minimum Gasteiger partial charge on any atom is -0.490 e. The number of rotatable bonds is 5. The summed E-state index contributed by atoms with van der Waals surface area (Å²) in [6.07, 6.45) is 4.53. The van der Waals surface area contributed by atoms with Gasteiger partial charge in [-0.3, -0.25) is 0 Å². The van der Waals surface area contributed by atoms with Gasteiger partial charge in [0.25, 0.3) is 0 Å². The van der Waals surface area contributed by atoms with Gasteiger partial charge in [0.1, 0.15) is 6.33 Å². The number of nitrogens with one attached hydrogen (secondary N) is 1. The third-order valence-electron chi connectivity index (χ3n) is 3.48. The first kappa shape index (κ1) is 13.8. The van der Waals surface area contributed by atoms with Crippen LogP contribution in [0.1, 0.15) is 19.3 Å². The number of aromatic nitrogens is 2. The van der Waals surface area contributed by atoms with E-state index in [1.807, 2.05) is 0 Å². The summed E-state index contributed by atoms with van der Waals surface area (Å²) in [5, 5.41) is 9.06. The second-order valence-electron chi connectivity index (χ2n) is 4.69. The third kappa shape index (κ3) is 3.05. The molecule has 0 radical (unpaired) electrons. The summed E-state index contributed by atoms with van der Waals surface area (Å²) in [5.41, 5.74) is 2.52. The summed E-state index contributed by atoms with van der Waals surface area (Å²) in [4.78, 5) is 10.5. The Bertz CT molecular complexity index is 413. The van der Waals surface area contributed by atoms with Crippen molar-refractivity contribution in [3.63, 3.8) is 0 Å². The molecular weight excluding hydrogens is 246 g/mol. The fourth-order valence-electron chi connectivity index (χ4n) is 2.56. The second kappa shape index (κ2) is 6.53. The summed E-state index contributed by atoms with van der Waals surface area (Å²) in [6.45, 7) is 2.03. The molecule has 0 spiro atoms. The van der Waals surface area contributed by atoms with E-state index in [1.54, 1.807) is 7.11 Å². The molecule has 2 heterocycles. The fourth-order valence-corrected chi connectivity index (χ4v) is 2.56. The molecule has 1 saturated heterocycles. The maximum absolute atomic E-state index is 9.06. The van der Waals surface area contributed by atoms with Crippen molar-refractivity contribution in [2.45, 2.75) is 19.3 Å². The van der Waals surface area contributed by atoms with Crippen molar-refractivity contribution in [3.05, 3.63) is 6.33 Å². The lowest BCUT2D eigenvalue weighted by molar-refractivity contribution is 0.244. The average molecular weight is 267 g/mol. The van der Waals surface area contributed by atoms with Crippen LogP contribution in [0.4, 0.5) is 11.6 Å². The smallest absolute Gasteiger partial charge is 0.205 e. The monoisotopic (exact) mass is 267 g/mol. The lowest BCUT2D eigenvalue weighted by atomic mass is 9.95. The Balaban J connectivity index is 2.20. The van der Waals surface area contributed by atoms with Gasteiger partial charge in [0.2, 0.25) is 5.75 Å². The zero-order valence-electron chi connectivity index (χ0n) is 11.2. The zero-order chi connectivity index (χ0) is 13.7. The molecule has 7 nitrogen and oxygen atoms in total. The van der Waals surface area contributed by atoms with Crippen molar-refractivity contribution in [1.82, 2.24) is 9.97 Å². The molecule has 0 amide bonds. The van der Waals surface area contributed by atoms with E-state index >= 15 is 0 Å². The van der Waals surface area contributed by atoms with Crippen LogP contribution in [0.3, 0.4) is 0 Å². The molecule has 1 fully saturated rings. The largest absolute Gasteiger partial charge is 0.490 e. The highest BCUT2D eigenvalue weighted by Crippen LogP contribution is 2.34. The molecular formula is C12H21N5O2. The van der Waals surface area contributed by atoms with Crippen molar-refractivity contribution >= 4 is 11.6 Å². The molecule has 2 rings (SSSR count). The van der Waals surface area contributed by atoms with Gasteiger partial charge in [0.15, 0.2) is 11.6 Å². The fraction of sp³-hybridized carbons (Fsp3) is 0.667. The van der Waals surface area contributed by atoms with E-state index in [-0.39, 0.29) is 6.61 Å². The van der Waals surface area contributed by atoms with Crippen LogP contribution in [0.25, 0.3) is 0 Å². The molecule has 0 saturated carbocycles. The molecule has 4 N–H and O–H groups in total. The van der Waals surface area contributed by atoms with Crippen LogP contribution in [0.15, 0.2) is 6.33 Å². The Hall–Kier alpha value is -1.60. The molecule has 1 aliphatic heterocycles. The molecule has 0 bridgehead atoms. The summed E-state index contributed by atoms with van der Waals surface area (Å²) in [6, 6.07) is 0. The molecule has 1 aliphatic rings. The van der Waals surface area contributed by atoms with E-state index in [0.29, 0.717) is 17.5 Å². The summed E-state index contributed by atoms with van der Waals surface area (Å²) in [7, 11) is 1.58. The van der Waals surface area contributed by atoms with Gasteiger partial charge in [0.05, 0.1) is 7.11 Å². The van der Waals surface area contributed by atoms with E-state index in [4.69, 9.17) is 15.7 Å². The van der Waals surface area contributed by atoms with Crippen LogP contribution >= 0.6 is 0 Å². The second-order valence-corrected chi connectivity index (χ2v) is 4.69. The molecule has 1 unspecified atom stereocenters. The van der Waals surface area contributed by atoms with Crippen molar-refractivity contribution in [1.29, 1.82) is 0 Å². The number of nitrogen functional groups attached to an aromatic ring is 1. The van der Waals surface area contributed by atoms with Gasteiger partial charge in [-0.15, -0.1) is 0 Å². The summed E-state index contributed by atoms with van der Waals surface area (Å²) in [5.74, 6) is 7.73. The lowest BCUT2D eigenvalue weighted by Crippen LogP contribution is -2.36. The van der Waals surface area contributed by atoms with Gasteiger partial charge in [0, 0.05) is 19.7 Å². The van der Waals surface area contributed by atoms with Crippen molar-refractivity contribution in [2.75, 3.05) is 37.1 Å². The van der Waals surface area contributed by atoms with Gasteiger partial charge >= 0.3 is 0 Å². The molecule has 19 heavy (non-hydrogen) atoms. The number of methoxy groups -OCH3 is 1. The zero-order valence-corrected chi connectivity index (χ0v) is 11.2. The standard InChI is InChI=1S/C12H21N5O2/c1-19-10-11(16-13)14-8-15-12(10)17-5-2-3-9(7-17)4-6-18/h8-9,18H,2-7,13H2,1H3,(H,14,15,16). The van der Waals surface area contributed by atoms with E-state index in [2.05, 4.69) is 20.3 Å². The van der Waals surface area contributed by atoms with Gasteiger partial charge in [-0.2, -0.15) is 0 Å². The van der Waals surface area contributed by atoms with Gasteiger partial charge in [-0.05, 0) is 25.2 Å². The Morgan fingerprint density at radius 1 is 1.58 bits per heavy atom. The predicted octanol–water partition coefficient (Wildman–Crippen LogP) is 0.370. The SMILES string of the molecule is COc1c(NN)ncnc1N1CCCC(CCO)C1. The maximum Gasteiger partial charge on any atom is 0.205 e. The average Bonchev–Trinajstić information content (AvgIpc) is 2.47. The number of anilines is 2. The maximum atomic E-state index is 9.06. The Kier molecular flexibility index (Phi) is 4.75. The van der Waals surface area contributed by atoms with E-state index in [0.717, 1.165) is 38.2 Å². The topological polar surface area (TPSA) is 96.5 Å². The van der Waals surface area contributed by atoms with Crippen LogP contribution in [-0.2, 0) is 0 Å². The Morgan fingerprint density at radius 3 is 3.11 bits per heavy atom. The highest BCUT2D eigenvalue weighted by atomic mass is 16.5. The third-order valence-corrected chi connectivity index (χ3v) is 3.48. The van der Waals surface area contributed by atoms with Gasteiger partial charge in [-0.1, -0.05) is 0 Å². The van der Waals surface area contributed by atoms with Crippen LogP contribution in [0, 0.1) is 5.92 Å². The quantitative estimate of drug-likeness (QED) is 0.524. The highest BCUT2D eigenvalue weighted by molar-refractivity contribution is 5.64. The number of hydrogen-bond acceptors (Lipinski definition) is 7. The molecule has 7 heteroatoms. The Labute approximate surface area is 112 Å². The minimum atomic E-state index is 0.231. The van der Waals surface area contributed by atoms with Crippen LogP contribution in [0.2, 0.25) is 0 Å². The predicted molar refractivity (Wildman–Crippen MR) is 73.0 cm³/mol. The first-order valence-electron chi connectivity index (χ1n) is 6.51. The number of hydrogen-bond donors (Lipinski definition) is 3. The molecule has 0 aliphatic carbocycles. The molecule has 0 aromatic carbocycles. The summed E-state index contributed by atoms with van der Waals surface area (Å²) < 4.78 is 5.36. The number of nitrogens with two attached hydrogens (primary N) is 1. The molecule has 1 atom stereocenters. The van der Waals surface area contributed by atoms with E-state index < -0.39 is 0 Å². The number of ether oxygens (including phenoxy) is 1.